The monoisotopic (exact) mass is 294 g/mol. The summed E-state index contributed by atoms with van der Waals surface area (Å²) in [5.41, 5.74) is 0.952. The fraction of sp³-hybridized carbons (Fsp3) is 0.333. The van der Waals surface area contributed by atoms with E-state index in [-0.39, 0.29) is 11.1 Å². The molecule has 0 amide bonds. The Morgan fingerprint density at radius 2 is 2.05 bits per heavy atom. The zero-order valence-electron chi connectivity index (χ0n) is 11.0. The van der Waals surface area contributed by atoms with E-state index in [1.807, 2.05) is 12.1 Å². The lowest BCUT2D eigenvalue weighted by atomic mass is 10.0. The molecule has 0 unspecified atom stereocenters. The van der Waals surface area contributed by atoms with Crippen LogP contribution in [0.25, 0.3) is 0 Å². The van der Waals surface area contributed by atoms with E-state index in [4.69, 9.17) is 16.0 Å². The van der Waals surface area contributed by atoms with E-state index in [2.05, 4.69) is 10.2 Å². The minimum atomic E-state index is -0.395. The summed E-state index contributed by atoms with van der Waals surface area (Å²) in [5.74, 6) is 0.462. The van der Waals surface area contributed by atoms with Gasteiger partial charge in [-0.15, -0.1) is 0 Å². The normalized spacial score (nSPS) is 18.1. The van der Waals surface area contributed by atoms with Gasteiger partial charge in [0.05, 0.1) is 17.3 Å². The van der Waals surface area contributed by atoms with Gasteiger partial charge in [0.1, 0.15) is 11.6 Å². The van der Waals surface area contributed by atoms with E-state index < -0.39 is 5.82 Å². The Morgan fingerprint density at radius 1 is 1.25 bits per heavy atom. The zero-order valence-corrected chi connectivity index (χ0v) is 11.7. The molecule has 5 heteroatoms. The molecule has 1 aliphatic rings. The number of halogens is 2. The summed E-state index contributed by atoms with van der Waals surface area (Å²) in [6.07, 6.45) is 1.66. The second-order valence-corrected chi connectivity index (χ2v) is 5.28. The lowest BCUT2D eigenvalue weighted by molar-refractivity contribution is 0.180. The van der Waals surface area contributed by atoms with Gasteiger partial charge in [0.25, 0.3) is 0 Å². The first-order valence-corrected chi connectivity index (χ1v) is 7.06. The Labute approximate surface area is 122 Å². The van der Waals surface area contributed by atoms with Gasteiger partial charge in [-0.3, -0.25) is 4.90 Å². The summed E-state index contributed by atoms with van der Waals surface area (Å²) in [7, 11) is 0. The van der Waals surface area contributed by atoms with Crippen LogP contribution in [0.5, 0.6) is 0 Å². The number of nitrogens with zero attached hydrogens (tertiary/aromatic N) is 1. The Hall–Kier alpha value is -1.36. The number of nitrogens with one attached hydrogen (secondary N) is 1. The van der Waals surface area contributed by atoms with Crippen LogP contribution in [0.3, 0.4) is 0 Å². The minimum Gasteiger partial charge on any atom is -0.467 e. The van der Waals surface area contributed by atoms with Gasteiger partial charge >= 0.3 is 0 Å². The number of benzene rings is 1. The van der Waals surface area contributed by atoms with Crippen molar-refractivity contribution in [1.29, 1.82) is 0 Å². The fourth-order valence-electron chi connectivity index (χ4n) is 2.62. The third-order valence-electron chi connectivity index (χ3n) is 3.59. The number of hydrogen-bond donors (Lipinski definition) is 1. The van der Waals surface area contributed by atoms with Crippen molar-refractivity contribution in [3.63, 3.8) is 0 Å². The highest BCUT2D eigenvalue weighted by Crippen LogP contribution is 2.31. The summed E-state index contributed by atoms with van der Waals surface area (Å²) >= 11 is 5.92. The first-order valence-electron chi connectivity index (χ1n) is 6.69. The molecule has 1 aromatic heterocycles. The smallest absolute Gasteiger partial charge is 0.141 e. The van der Waals surface area contributed by atoms with Crippen molar-refractivity contribution in [2.45, 2.75) is 6.04 Å². The molecule has 3 rings (SSSR count). The largest absolute Gasteiger partial charge is 0.467 e. The van der Waals surface area contributed by atoms with Crippen molar-refractivity contribution >= 4 is 11.6 Å². The van der Waals surface area contributed by atoms with Crippen LogP contribution in [0, 0.1) is 5.82 Å². The van der Waals surface area contributed by atoms with Crippen molar-refractivity contribution in [3.05, 3.63) is 58.8 Å². The summed E-state index contributed by atoms with van der Waals surface area (Å²) in [6, 6.07) is 8.67. The highest BCUT2D eigenvalue weighted by atomic mass is 35.5. The number of rotatable bonds is 3. The van der Waals surface area contributed by atoms with E-state index in [1.54, 1.807) is 18.4 Å². The van der Waals surface area contributed by atoms with Crippen molar-refractivity contribution < 1.29 is 8.81 Å². The second kappa shape index (κ2) is 5.95. The minimum absolute atomic E-state index is 0.0230. The molecule has 20 heavy (non-hydrogen) atoms. The maximum absolute atomic E-state index is 13.4. The van der Waals surface area contributed by atoms with Crippen LogP contribution < -0.4 is 5.32 Å². The highest BCUT2D eigenvalue weighted by Gasteiger charge is 2.26. The number of hydrogen-bond acceptors (Lipinski definition) is 3. The van der Waals surface area contributed by atoms with Gasteiger partial charge in [0.2, 0.25) is 0 Å². The highest BCUT2D eigenvalue weighted by molar-refractivity contribution is 6.30. The fourth-order valence-corrected chi connectivity index (χ4v) is 2.81. The summed E-state index contributed by atoms with van der Waals surface area (Å²) in [4.78, 5) is 2.32. The quantitative estimate of drug-likeness (QED) is 0.943. The lowest BCUT2D eigenvalue weighted by Gasteiger charge is -2.34. The molecular formula is C15H16ClFN2O. The van der Waals surface area contributed by atoms with E-state index in [1.165, 1.54) is 6.07 Å². The number of piperazine rings is 1. The topological polar surface area (TPSA) is 28.4 Å². The van der Waals surface area contributed by atoms with Gasteiger partial charge in [0.15, 0.2) is 0 Å². The predicted octanol–water partition coefficient (Wildman–Crippen LogP) is 3.07. The molecule has 1 aliphatic heterocycles. The van der Waals surface area contributed by atoms with Gasteiger partial charge < -0.3 is 9.73 Å². The third kappa shape index (κ3) is 2.73. The average molecular weight is 295 g/mol. The van der Waals surface area contributed by atoms with E-state index in [9.17, 15) is 4.39 Å². The molecule has 2 aromatic rings. The van der Waals surface area contributed by atoms with E-state index in [0.717, 1.165) is 37.5 Å². The molecule has 0 aliphatic carbocycles. The van der Waals surface area contributed by atoms with Crippen LogP contribution in [0.4, 0.5) is 4.39 Å². The molecule has 1 fully saturated rings. The Morgan fingerprint density at radius 3 is 2.70 bits per heavy atom. The lowest BCUT2D eigenvalue weighted by Crippen LogP contribution is -2.45. The van der Waals surface area contributed by atoms with Gasteiger partial charge in [-0.25, -0.2) is 4.39 Å². The van der Waals surface area contributed by atoms with Crippen molar-refractivity contribution in [2.24, 2.45) is 0 Å². The SMILES string of the molecule is Fc1ccc([C@H](c2ccco2)N2CCNCC2)cc1Cl. The van der Waals surface area contributed by atoms with E-state index >= 15 is 0 Å². The second-order valence-electron chi connectivity index (χ2n) is 4.88. The molecule has 2 heterocycles. The Bertz CT molecular complexity index is 567. The molecule has 0 saturated carbocycles. The van der Waals surface area contributed by atoms with Gasteiger partial charge in [-0.05, 0) is 29.8 Å². The van der Waals surface area contributed by atoms with Crippen LogP contribution in [-0.2, 0) is 0 Å². The standard InChI is InChI=1S/C15H16ClFN2O/c16-12-10-11(3-4-13(12)17)15(14-2-1-9-20-14)19-7-5-18-6-8-19/h1-4,9-10,15,18H,5-8H2/t15-/m1/s1. The van der Waals surface area contributed by atoms with E-state index in [0.29, 0.717) is 0 Å². The molecule has 0 bridgehead atoms. The van der Waals surface area contributed by atoms with Crippen LogP contribution in [0.2, 0.25) is 5.02 Å². The Balaban J connectivity index is 1.98. The molecule has 3 nitrogen and oxygen atoms in total. The molecule has 0 spiro atoms. The van der Waals surface area contributed by atoms with Crippen LogP contribution in [0.15, 0.2) is 41.0 Å². The average Bonchev–Trinajstić information content (AvgIpc) is 2.98. The van der Waals surface area contributed by atoms with Crippen LogP contribution in [-0.4, -0.2) is 31.1 Å². The molecule has 106 valence electrons. The summed E-state index contributed by atoms with van der Waals surface area (Å²) in [5, 5.41) is 3.48. The maximum Gasteiger partial charge on any atom is 0.141 e. The third-order valence-corrected chi connectivity index (χ3v) is 3.88. The summed E-state index contributed by atoms with van der Waals surface area (Å²) < 4.78 is 18.9. The molecule has 1 atom stereocenters. The predicted molar refractivity (Wildman–Crippen MR) is 76.4 cm³/mol. The van der Waals surface area contributed by atoms with Crippen molar-refractivity contribution in [1.82, 2.24) is 10.2 Å². The maximum atomic E-state index is 13.4. The summed E-state index contributed by atoms with van der Waals surface area (Å²) in [6.45, 7) is 3.71. The van der Waals surface area contributed by atoms with Crippen molar-refractivity contribution in [2.75, 3.05) is 26.2 Å². The van der Waals surface area contributed by atoms with Gasteiger partial charge in [-0.1, -0.05) is 17.7 Å². The first-order chi connectivity index (χ1) is 9.75. The molecule has 1 saturated heterocycles. The molecule has 0 radical (unpaired) electrons. The van der Waals surface area contributed by atoms with Gasteiger partial charge in [-0.2, -0.15) is 0 Å². The zero-order chi connectivity index (χ0) is 13.9. The van der Waals surface area contributed by atoms with Crippen LogP contribution in [0.1, 0.15) is 17.4 Å². The Kier molecular flexibility index (Phi) is 4.05. The first kappa shape index (κ1) is 13.6. The molecule has 1 aromatic carbocycles. The van der Waals surface area contributed by atoms with Crippen LogP contribution >= 0.6 is 11.6 Å². The number of furan rings is 1. The molecule has 1 N–H and O–H groups in total. The molecular weight excluding hydrogens is 279 g/mol. The van der Waals surface area contributed by atoms with Gasteiger partial charge in [0, 0.05) is 26.2 Å². The van der Waals surface area contributed by atoms with Crippen molar-refractivity contribution in [3.8, 4) is 0 Å².